The van der Waals surface area contributed by atoms with Crippen LogP contribution in [-0.2, 0) is 0 Å². The van der Waals surface area contributed by atoms with E-state index >= 15 is 0 Å². The van der Waals surface area contributed by atoms with E-state index in [1.54, 1.807) is 0 Å². The average Bonchev–Trinajstić information content (AvgIpc) is 3.09. The summed E-state index contributed by atoms with van der Waals surface area (Å²) in [7, 11) is 0. The van der Waals surface area contributed by atoms with Gasteiger partial charge in [-0.25, -0.2) is 0 Å². The van der Waals surface area contributed by atoms with Crippen molar-refractivity contribution in [3.63, 3.8) is 0 Å². The van der Waals surface area contributed by atoms with Crippen molar-refractivity contribution in [2.75, 3.05) is 5.73 Å². The van der Waals surface area contributed by atoms with Crippen molar-refractivity contribution in [1.82, 2.24) is 10.2 Å². The maximum absolute atomic E-state index is 6.41. The zero-order valence-electron chi connectivity index (χ0n) is 10.0. The second-order valence-electron chi connectivity index (χ2n) is 4.84. The zero-order valence-corrected chi connectivity index (χ0v) is 11.6. The van der Waals surface area contributed by atoms with Crippen molar-refractivity contribution in [2.45, 2.75) is 25.7 Å². The van der Waals surface area contributed by atoms with Crippen molar-refractivity contribution in [1.29, 1.82) is 0 Å². The van der Waals surface area contributed by atoms with Crippen molar-refractivity contribution >= 4 is 29.6 Å². The maximum atomic E-state index is 6.41. The van der Waals surface area contributed by atoms with E-state index in [1.165, 1.54) is 18.4 Å². The second-order valence-corrected chi connectivity index (χ2v) is 5.65. The summed E-state index contributed by atoms with van der Waals surface area (Å²) in [5, 5.41) is 6.40. The minimum atomic E-state index is 0.532. The quantitative estimate of drug-likeness (QED) is 0.723. The van der Waals surface area contributed by atoms with Gasteiger partial charge in [-0.2, -0.15) is 0 Å². The molecule has 3 nitrogen and oxygen atoms in total. The molecule has 4 N–H and O–H groups in total. The molecule has 0 bridgehead atoms. The van der Waals surface area contributed by atoms with Crippen LogP contribution < -0.4 is 5.73 Å². The molecule has 1 saturated carbocycles. The summed E-state index contributed by atoms with van der Waals surface area (Å²) in [4.78, 5) is 0. The number of aromatic amines is 2. The van der Waals surface area contributed by atoms with Crippen molar-refractivity contribution in [3.8, 4) is 11.1 Å². The molecule has 1 aliphatic rings. The fourth-order valence-corrected chi connectivity index (χ4v) is 2.99. The molecule has 2 aromatic rings. The Morgan fingerprint density at radius 1 is 1.28 bits per heavy atom. The fraction of sp³-hybridized carbons (Fsp3) is 0.308. The van der Waals surface area contributed by atoms with Gasteiger partial charge in [-0.3, -0.25) is 10.2 Å². The first kappa shape index (κ1) is 11.8. The fourth-order valence-electron chi connectivity index (χ4n) is 2.36. The van der Waals surface area contributed by atoms with Gasteiger partial charge in [0.1, 0.15) is 10.5 Å². The van der Waals surface area contributed by atoms with E-state index < -0.39 is 0 Å². The first-order valence-corrected chi connectivity index (χ1v) is 6.73. The Bertz CT molecular complexity index is 644. The number of anilines is 1. The van der Waals surface area contributed by atoms with E-state index in [-0.39, 0.29) is 0 Å². The number of rotatable bonds is 2. The third-order valence-corrected chi connectivity index (χ3v) is 4.02. The summed E-state index contributed by atoms with van der Waals surface area (Å²) >= 11 is 11.7. The molecule has 18 heavy (non-hydrogen) atoms. The third kappa shape index (κ3) is 1.85. The normalized spacial score (nSPS) is 15.0. The Morgan fingerprint density at radius 2 is 2.00 bits per heavy atom. The highest BCUT2D eigenvalue weighted by atomic mass is 35.5. The van der Waals surface area contributed by atoms with Gasteiger partial charge in [0.15, 0.2) is 0 Å². The zero-order chi connectivity index (χ0) is 12.9. The van der Waals surface area contributed by atoms with Crippen molar-refractivity contribution < 1.29 is 0 Å². The van der Waals surface area contributed by atoms with Crippen LogP contribution in [-0.4, -0.2) is 10.2 Å². The van der Waals surface area contributed by atoms with Crippen LogP contribution in [0.15, 0.2) is 12.1 Å². The maximum Gasteiger partial charge on any atom is 0.129 e. The van der Waals surface area contributed by atoms with Crippen LogP contribution >= 0.6 is 23.8 Å². The molecule has 3 rings (SSSR count). The molecule has 0 spiro atoms. The van der Waals surface area contributed by atoms with Gasteiger partial charge in [-0.05, 0) is 42.9 Å². The van der Waals surface area contributed by atoms with Crippen LogP contribution in [0, 0.1) is 11.6 Å². The Hall–Kier alpha value is -1.26. The number of nitrogens with one attached hydrogen (secondary N) is 2. The summed E-state index contributed by atoms with van der Waals surface area (Å²) in [6.45, 7) is 2.05. The molecular formula is C13H14ClN3S. The van der Waals surface area contributed by atoms with Gasteiger partial charge >= 0.3 is 0 Å². The van der Waals surface area contributed by atoms with E-state index in [9.17, 15) is 0 Å². The number of nitrogens with two attached hydrogens (primary N) is 1. The molecule has 1 aromatic carbocycles. The van der Waals surface area contributed by atoms with Gasteiger partial charge < -0.3 is 5.73 Å². The molecule has 5 heteroatoms. The Morgan fingerprint density at radius 3 is 2.50 bits per heavy atom. The summed E-state index contributed by atoms with van der Waals surface area (Å²) in [5.74, 6) is 1.22. The van der Waals surface area contributed by atoms with Crippen LogP contribution in [0.5, 0.6) is 0 Å². The third-order valence-electron chi connectivity index (χ3n) is 3.42. The molecule has 1 heterocycles. The smallest absolute Gasteiger partial charge is 0.129 e. The average molecular weight is 280 g/mol. The summed E-state index contributed by atoms with van der Waals surface area (Å²) < 4.78 is 0.594. The number of nitrogen functional groups attached to an aromatic ring is 1. The number of aryl methyl sites for hydroxylation is 1. The minimum absolute atomic E-state index is 0.532. The first-order valence-electron chi connectivity index (χ1n) is 5.94. The van der Waals surface area contributed by atoms with Crippen LogP contribution in [0.3, 0.4) is 0 Å². The molecule has 0 unspecified atom stereocenters. The van der Waals surface area contributed by atoms with Gasteiger partial charge in [0.05, 0.1) is 5.56 Å². The molecule has 0 saturated heterocycles. The highest BCUT2D eigenvalue weighted by molar-refractivity contribution is 7.71. The topological polar surface area (TPSA) is 57.6 Å². The lowest BCUT2D eigenvalue weighted by Gasteiger charge is -2.10. The molecule has 1 aromatic heterocycles. The molecule has 0 amide bonds. The van der Waals surface area contributed by atoms with Crippen LogP contribution in [0.4, 0.5) is 5.82 Å². The highest BCUT2D eigenvalue weighted by Crippen LogP contribution is 2.44. The van der Waals surface area contributed by atoms with Crippen molar-refractivity contribution in [2.24, 2.45) is 0 Å². The summed E-state index contributed by atoms with van der Waals surface area (Å²) in [6, 6.07) is 4.24. The lowest BCUT2D eigenvalue weighted by molar-refractivity contribution is 1.09. The van der Waals surface area contributed by atoms with E-state index in [4.69, 9.17) is 29.6 Å². The van der Waals surface area contributed by atoms with Crippen molar-refractivity contribution in [3.05, 3.63) is 32.9 Å². The molecule has 0 radical (unpaired) electrons. The van der Waals surface area contributed by atoms with Gasteiger partial charge in [-0.15, -0.1) is 0 Å². The lowest BCUT2D eigenvalue weighted by atomic mass is 9.98. The van der Waals surface area contributed by atoms with Gasteiger partial charge in [-0.1, -0.05) is 29.9 Å². The number of hydrogen-bond donors (Lipinski definition) is 3. The Labute approximate surface area is 115 Å². The largest absolute Gasteiger partial charge is 0.384 e. The standard InChI is InChI=1S/C13H14ClN3S/c1-6-4-8(7-2-3-7)5-9(14)10(6)11-12(15)16-17-13(11)18/h4-5,7H,2-3H2,1H3,(H4,15,16,17,18). The number of H-pyrrole nitrogens is 2. The van der Waals surface area contributed by atoms with E-state index in [1.807, 2.05) is 13.0 Å². The van der Waals surface area contributed by atoms with Gasteiger partial charge in [0.25, 0.3) is 0 Å². The van der Waals surface area contributed by atoms with Crippen LogP contribution in [0.1, 0.15) is 29.9 Å². The van der Waals surface area contributed by atoms with Crippen LogP contribution in [0.2, 0.25) is 5.02 Å². The highest BCUT2D eigenvalue weighted by Gasteiger charge is 2.25. The van der Waals surface area contributed by atoms with Crippen LogP contribution in [0.25, 0.3) is 11.1 Å². The van der Waals surface area contributed by atoms with E-state index in [0.29, 0.717) is 16.4 Å². The SMILES string of the molecule is Cc1cc(C2CC2)cc(Cl)c1-c1c(N)[nH][nH]c1=S. The summed E-state index contributed by atoms with van der Waals surface area (Å²) in [5.41, 5.74) is 10.1. The lowest BCUT2D eigenvalue weighted by Crippen LogP contribution is -1.93. The van der Waals surface area contributed by atoms with E-state index in [2.05, 4.69) is 16.3 Å². The molecule has 0 aliphatic heterocycles. The molecule has 94 valence electrons. The minimum Gasteiger partial charge on any atom is -0.384 e. The first-order chi connectivity index (χ1) is 8.58. The predicted octanol–water partition coefficient (Wildman–Crippen LogP) is 4.16. The molecule has 0 atom stereocenters. The predicted molar refractivity (Wildman–Crippen MR) is 77.5 cm³/mol. The number of hydrogen-bond acceptors (Lipinski definition) is 2. The summed E-state index contributed by atoms with van der Waals surface area (Å²) in [6.07, 6.45) is 2.53. The van der Waals surface area contributed by atoms with Gasteiger partial charge in [0, 0.05) is 10.6 Å². The number of aromatic nitrogens is 2. The Balaban J connectivity index is 2.21. The second kappa shape index (κ2) is 4.14. The Kier molecular flexibility index (Phi) is 2.72. The molecule has 1 aliphatic carbocycles. The van der Waals surface area contributed by atoms with Gasteiger partial charge in [0.2, 0.25) is 0 Å². The monoisotopic (exact) mass is 279 g/mol. The molecule has 1 fully saturated rings. The number of benzene rings is 1. The van der Waals surface area contributed by atoms with E-state index in [0.717, 1.165) is 21.7 Å². The molecular weight excluding hydrogens is 266 g/mol. The number of halogens is 1.